The van der Waals surface area contributed by atoms with E-state index in [1.165, 1.54) is 32.8 Å². The minimum absolute atomic E-state index is 0.815. The van der Waals surface area contributed by atoms with Gasteiger partial charge in [0.05, 0.1) is 33.1 Å². The van der Waals surface area contributed by atoms with Crippen molar-refractivity contribution in [3.05, 3.63) is 170 Å². The van der Waals surface area contributed by atoms with Crippen LogP contribution in [-0.4, -0.2) is 19.1 Å². The fraction of sp³-hybridized carbons (Fsp3) is 0. The number of hydrogen-bond donors (Lipinski definition) is 0. The van der Waals surface area contributed by atoms with Crippen LogP contribution < -0.4 is 0 Å². The normalized spacial score (nSPS) is 11.8. The topological polar surface area (TPSA) is 35.6 Å². The lowest BCUT2D eigenvalue weighted by Crippen LogP contribution is -2.04. The van der Waals surface area contributed by atoms with E-state index in [4.69, 9.17) is 9.97 Å². The van der Waals surface area contributed by atoms with Crippen LogP contribution in [0.1, 0.15) is 0 Å². The van der Waals surface area contributed by atoms with Crippen molar-refractivity contribution in [2.24, 2.45) is 0 Å². The molecular formula is C44H28N4. The van der Waals surface area contributed by atoms with Crippen molar-refractivity contribution in [1.82, 2.24) is 19.1 Å². The van der Waals surface area contributed by atoms with Gasteiger partial charge in [-0.15, -0.1) is 0 Å². The minimum Gasteiger partial charge on any atom is -0.309 e. The average molecular weight is 613 g/mol. The van der Waals surface area contributed by atoms with Gasteiger partial charge in [0.2, 0.25) is 0 Å². The molecule has 0 amide bonds. The van der Waals surface area contributed by atoms with E-state index in [0.717, 1.165) is 55.8 Å². The van der Waals surface area contributed by atoms with Gasteiger partial charge in [0, 0.05) is 32.8 Å². The molecule has 7 aromatic carbocycles. The SMILES string of the molecule is c1ccc(-c2ccc3c4cc(-n5c6ccccc6c6ccccc65)ccc4n(-c4nc5ccccc5nc4-c4ccccc4)c3c2)cc1. The Balaban J connectivity index is 1.32. The molecule has 3 aromatic heterocycles. The van der Waals surface area contributed by atoms with E-state index < -0.39 is 0 Å². The van der Waals surface area contributed by atoms with Crippen LogP contribution in [0, 0.1) is 0 Å². The third-order valence-electron chi connectivity index (χ3n) is 9.51. The molecule has 0 N–H and O–H groups in total. The molecule has 4 nitrogen and oxygen atoms in total. The predicted octanol–water partition coefficient (Wildman–Crippen LogP) is 11.2. The van der Waals surface area contributed by atoms with Crippen LogP contribution >= 0.6 is 0 Å². The second-order valence-electron chi connectivity index (χ2n) is 12.3. The van der Waals surface area contributed by atoms with Crippen molar-refractivity contribution in [2.45, 2.75) is 0 Å². The van der Waals surface area contributed by atoms with Gasteiger partial charge in [-0.25, -0.2) is 9.97 Å². The molecule has 0 aliphatic heterocycles. The molecule has 0 aliphatic rings. The van der Waals surface area contributed by atoms with Crippen molar-refractivity contribution in [3.63, 3.8) is 0 Å². The molecule has 0 spiro atoms. The van der Waals surface area contributed by atoms with Gasteiger partial charge in [-0.1, -0.05) is 121 Å². The van der Waals surface area contributed by atoms with E-state index in [9.17, 15) is 0 Å². The quantitative estimate of drug-likeness (QED) is 0.198. The molecule has 10 rings (SSSR count). The number of fused-ring (bicyclic) bond motifs is 7. The highest BCUT2D eigenvalue weighted by molar-refractivity contribution is 6.13. The summed E-state index contributed by atoms with van der Waals surface area (Å²) in [6, 6.07) is 60.1. The van der Waals surface area contributed by atoms with E-state index in [1.54, 1.807) is 0 Å². The van der Waals surface area contributed by atoms with Crippen LogP contribution in [0.5, 0.6) is 0 Å². The highest BCUT2D eigenvalue weighted by atomic mass is 15.1. The molecule has 0 saturated heterocycles. The summed E-state index contributed by atoms with van der Waals surface area (Å²) >= 11 is 0. The molecule has 0 fully saturated rings. The van der Waals surface area contributed by atoms with Crippen molar-refractivity contribution in [2.75, 3.05) is 0 Å². The summed E-state index contributed by atoms with van der Waals surface area (Å²) in [5, 5.41) is 4.84. The molecule has 0 aliphatic carbocycles. The van der Waals surface area contributed by atoms with E-state index >= 15 is 0 Å². The van der Waals surface area contributed by atoms with Gasteiger partial charge in [0.25, 0.3) is 0 Å². The number of aromatic nitrogens is 4. The third kappa shape index (κ3) is 4.03. The second-order valence-corrected chi connectivity index (χ2v) is 12.3. The Morgan fingerprint density at radius 1 is 0.333 bits per heavy atom. The standard InChI is InChI=1S/C44H28N4/c1-3-13-29(14-4-1)31-23-25-35-36-28-32(47-39-21-11-7-17-33(39)34-18-8-12-22-40(34)47)24-26-41(36)48(42(35)27-31)44-43(30-15-5-2-6-16-30)45-37-19-9-10-20-38(37)46-44/h1-28H. The molecule has 3 heterocycles. The Hall–Kier alpha value is -6.52. The largest absolute Gasteiger partial charge is 0.309 e. The van der Waals surface area contributed by atoms with E-state index in [-0.39, 0.29) is 0 Å². The summed E-state index contributed by atoms with van der Waals surface area (Å²) in [5.41, 5.74) is 11.6. The van der Waals surface area contributed by atoms with E-state index in [2.05, 4.69) is 149 Å². The number of benzene rings is 7. The lowest BCUT2D eigenvalue weighted by molar-refractivity contribution is 1.08. The molecule has 0 saturated carbocycles. The van der Waals surface area contributed by atoms with Gasteiger partial charge >= 0.3 is 0 Å². The van der Waals surface area contributed by atoms with Crippen LogP contribution in [0.3, 0.4) is 0 Å². The van der Waals surface area contributed by atoms with Crippen LogP contribution in [-0.2, 0) is 0 Å². The Bertz CT molecular complexity index is 2770. The molecule has 4 heteroatoms. The Morgan fingerprint density at radius 2 is 0.896 bits per heavy atom. The highest BCUT2D eigenvalue weighted by Crippen LogP contribution is 2.39. The lowest BCUT2D eigenvalue weighted by Gasteiger charge is -2.14. The number of rotatable bonds is 4. The first-order valence-corrected chi connectivity index (χ1v) is 16.3. The predicted molar refractivity (Wildman–Crippen MR) is 199 cm³/mol. The summed E-state index contributed by atoms with van der Waals surface area (Å²) in [5.74, 6) is 0.815. The molecule has 0 radical (unpaired) electrons. The third-order valence-corrected chi connectivity index (χ3v) is 9.51. The Kier molecular flexibility index (Phi) is 5.84. The molecule has 0 bridgehead atoms. The van der Waals surface area contributed by atoms with Crippen LogP contribution in [0.2, 0.25) is 0 Å². The lowest BCUT2D eigenvalue weighted by atomic mass is 10.0. The summed E-state index contributed by atoms with van der Waals surface area (Å²) in [4.78, 5) is 10.6. The molecule has 48 heavy (non-hydrogen) atoms. The van der Waals surface area contributed by atoms with Crippen molar-refractivity contribution >= 4 is 54.6 Å². The summed E-state index contributed by atoms with van der Waals surface area (Å²) in [6.07, 6.45) is 0. The first kappa shape index (κ1) is 26.7. The van der Waals surface area contributed by atoms with Gasteiger partial charge in [-0.3, -0.25) is 4.57 Å². The van der Waals surface area contributed by atoms with Gasteiger partial charge in [-0.2, -0.15) is 0 Å². The summed E-state index contributed by atoms with van der Waals surface area (Å²) in [7, 11) is 0. The zero-order chi connectivity index (χ0) is 31.6. The van der Waals surface area contributed by atoms with Gasteiger partial charge in [0.15, 0.2) is 5.82 Å². The van der Waals surface area contributed by atoms with Gasteiger partial charge in [-0.05, 0) is 59.7 Å². The Labute approximate surface area is 276 Å². The molecular weight excluding hydrogens is 585 g/mol. The maximum atomic E-state index is 5.35. The summed E-state index contributed by atoms with van der Waals surface area (Å²) in [6.45, 7) is 0. The van der Waals surface area contributed by atoms with E-state index in [0.29, 0.717) is 0 Å². The smallest absolute Gasteiger partial charge is 0.165 e. The Morgan fingerprint density at radius 3 is 1.60 bits per heavy atom. The highest BCUT2D eigenvalue weighted by Gasteiger charge is 2.21. The van der Waals surface area contributed by atoms with Crippen LogP contribution in [0.4, 0.5) is 0 Å². The average Bonchev–Trinajstić information content (AvgIpc) is 3.67. The molecule has 0 atom stereocenters. The molecule has 0 unspecified atom stereocenters. The van der Waals surface area contributed by atoms with Crippen molar-refractivity contribution in [3.8, 4) is 33.9 Å². The fourth-order valence-electron chi connectivity index (χ4n) is 7.32. The monoisotopic (exact) mass is 612 g/mol. The van der Waals surface area contributed by atoms with Gasteiger partial charge < -0.3 is 4.57 Å². The maximum Gasteiger partial charge on any atom is 0.165 e. The maximum absolute atomic E-state index is 5.35. The minimum atomic E-state index is 0.815. The zero-order valence-corrected chi connectivity index (χ0v) is 26.0. The van der Waals surface area contributed by atoms with Crippen molar-refractivity contribution < 1.29 is 0 Å². The first-order chi connectivity index (χ1) is 23.8. The van der Waals surface area contributed by atoms with Crippen molar-refractivity contribution in [1.29, 1.82) is 0 Å². The number of nitrogens with zero attached hydrogens (tertiary/aromatic N) is 4. The zero-order valence-electron chi connectivity index (χ0n) is 26.0. The van der Waals surface area contributed by atoms with Crippen LogP contribution in [0.25, 0.3) is 88.5 Å². The second kappa shape index (κ2) is 10.5. The molecule has 224 valence electrons. The fourth-order valence-corrected chi connectivity index (χ4v) is 7.32. The summed E-state index contributed by atoms with van der Waals surface area (Å²) < 4.78 is 4.70. The van der Waals surface area contributed by atoms with Crippen LogP contribution in [0.15, 0.2) is 170 Å². The number of para-hydroxylation sites is 4. The number of hydrogen-bond acceptors (Lipinski definition) is 2. The van der Waals surface area contributed by atoms with Gasteiger partial charge in [0.1, 0.15) is 5.69 Å². The van der Waals surface area contributed by atoms with E-state index in [1.807, 2.05) is 30.3 Å². The first-order valence-electron chi connectivity index (χ1n) is 16.3. The molecule has 10 aromatic rings.